The van der Waals surface area contributed by atoms with Gasteiger partial charge in [0.2, 0.25) is 0 Å². The Bertz CT molecular complexity index is 1210. The van der Waals surface area contributed by atoms with Crippen LogP contribution in [0.5, 0.6) is 11.5 Å². The summed E-state index contributed by atoms with van der Waals surface area (Å²) in [5.74, 6) is -0.0713. The highest BCUT2D eigenvalue weighted by atomic mass is 32.2. The lowest BCUT2D eigenvalue weighted by atomic mass is 10.1. The van der Waals surface area contributed by atoms with Crippen LogP contribution in [-0.4, -0.2) is 32.9 Å². The molecule has 6 nitrogen and oxygen atoms in total. The van der Waals surface area contributed by atoms with E-state index in [1.807, 2.05) is 13.8 Å². The summed E-state index contributed by atoms with van der Waals surface area (Å²) in [4.78, 5) is 14.6. The smallest absolute Gasteiger partial charge is 0.339 e. The number of halogens is 1. The van der Waals surface area contributed by atoms with Crippen LogP contribution in [0.3, 0.4) is 0 Å². The van der Waals surface area contributed by atoms with Crippen LogP contribution in [0.15, 0.2) is 77.7 Å². The van der Waals surface area contributed by atoms with Gasteiger partial charge in [-0.05, 0) is 54.4 Å². The molecule has 3 rings (SSSR count). The summed E-state index contributed by atoms with van der Waals surface area (Å²) in [6, 6.07) is 18.0. The van der Waals surface area contributed by atoms with E-state index in [-0.39, 0.29) is 34.6 Å². The molecule has 0 N–H and O–H groups in total. The minimum atomic E-state index is -4.11. The number of methoxy groups -OCH3 is 1. The molecule has 3 aromatic carbocycles. The Labute approximate surface area is 193 Å². The molecule has 0 bridgehead atoms. The van der Waals surface area contributed by atoms with Gasteiger partial charge in [0.15, 0.2) is 0 Å². The van der Waals surface area contributed by atoms with Gasteiger partial charge in [-0.3, -0.25) is 4.79 Å². The van der Waals surface area contributed by atoms with Gasteiger partial charge in [-0.25, -0.2) is 4.39 Å². The van der Waals surface area contributed by atoms with Crippen LogP contribution in [0.1, 0.15) is 29.8 Å². The van der Waals surface area contributed by atoms with Crippen molar-refractivity contribution >= 4 is 16.0 Å². The average Bonchev–Trinajstić information content (AvgIpc) is 2.79. The van der Waals surface area contributed by atoms with Crippen molar-refractivity contribution in [2.75, 3.05) is 13.7 Å². The van der Waals surface area contributed by atoms with Gasteiger partial charge in [0, 0.05) is 24.2 Å². The van der Waals surface area contributed by atoms with Gasteiger partial charge < -0.3 is 13.8 Å². The zero-order valence-corrected chi connectivity index (χ0v) is 19.5. The first-order chi connectivity index (χ1) is 15.7. The van der Waals surface area contributed by atoms with Crippen molar-refractivity contribution in [3.63, 3.8) is 0 Å². The highest BCUT2D eigenvalue weighted by Gasteiger charge is 2.22. The second-order valence-electron chi connectivity index (χ2n) is 7.91. The first kappa shape index (κ1) is 24.3. The van der Waals surface area contributed by atoms with Crippen molar-refractivity contribution in [3.8, 4) is 11.5 Å². The molecule has 8 heteroatoms. The number of hydrogen-bond donors (Lipinski definition) is 0. The fourth-order valence-electron chi connectivity index (χ4n) is 3.29. The van der Waals surface area contributed by atoms with Crippen molar-refractivity contribution in [2.45, 2.75) is 25.3 Å². The van der Waals surface area contributed by atoms with E-state index in [4.69, 9.17) is 8.92 Å². The van der Waals surface area contributed by atoms with Crippen LogP contribution in [0.25, 0.3) is 0 Å². The van der Waals surface area contributed by atoms with Gasteiger partial charge in [0.05, 0.1) is 7.11 Å². The number of carbonyl (C=O) groups excluding carboxylic acids is 1. The molecule has 0 atom stereocenters. The third kappa shape index (κ3) is 6.32. The van der Waals surface area contributed by atoms with E-state index in [1.165, 1.54) is 55.6 Å². The summed E-state index contributed by atoms with van der Waals surface area (Å²) < 4.78 is 49.8. The van der Waals surface area contributed by atoms with Crippen molar-refractivity contribution in [1.29, 1.82) is 0 Å². The third-order valence-corrected chi connectivity index (χ3v) is 6.07. The number of nitrogens with zero attached hydrogens (tertiary/aromatic N) is 1. The average molecular weight is 472 g/mol. The molecule has 33 heavy (non-hydrogen) atoms. The summed E-state index contributed by atoms with van der Waals surface area (Å²) in [6.45, 7) is 4.42. The van der Waals surface area contributed by atoms with E-state index in [9.17, 15) is 17.6 Å². The number of amides is 1. The zero-order valence-electron chi connectivity index (χ0n) is 18.7. The Balaban J connectivity index is 1.88. The minimum Gasteiger partial charge on any atom is -0.497 e. The Hall–Kier alpha value is -3.39. The molecule has 0 aliphatic heterocycles. The molecule has 0 unspecified atom stereocenters. The molecule has 0 aliphatic rings. The zero-order chi connectivity index (χ0) is 24.0. The van der Waals surface area contributed by atoms with Crippen molar-refractivity contribution in [1.82, 2.24) is 4.90 Å². The second-order valence-corrected chi connectivity index (χ2v) is 9.46. The molecule has 3 aromatic rings. The highest BCUT2D eigenvalue weighted by Crippen LogP contribution is 2.26. The molecule has 1 amide bonds. The number of para-hydroxylation sites is 1. The van der Waals surface area contributed by atoms with Gasteiger partial charge >= 0.3 is 10.1 Å². The lowest BCUT2D eigenvalue weighted by Crippen LogP contribution is -2.34. The molecular weight excluding hydrogens is 445 g/mol. The van der Waals surface area contributed by atoms with Gasteiger partial charge in [-0.2, -0.15) is 8.42 Å². The summed E-state index contributed by atoms with van der Waals surface area (Å²) in [5.41, 5.74) is 0.736. The molecule has 0 heterocycles. The molecule has 174 valence electrons. The van der Waals surface area contributed by atoms with Crippen LogP contribution in [0, 0.1) is 11.7 Å². The molecule has 0 fully saturated rings. The SMILES string of the molecule is COc1ccc(S(=O)(=O)Oc2ccccc2CN(CC(C)C)C(=O)c2cccc(F)c2)cc1. The Morgan fingerprint density at radius 2 is 1.70 bits per heavy atom. The minimum absolute atomic E-state index is 0.0204. The van der Waals surface area contributed by atoms with E-state index >= 15 is 0 Å². The monoisotopic (exact) mass is 471 g/mol. The van der Waals surface area contributed by atoms with E-state index in [2.05, 4.69) is 0 Å². The topological polar surface area (TPSA) is 72.9 Å². The highest BCUT2D eigenvalue weighted by molar-refractivity contribution is 7.87. The number of rotatable bonds is 9. The molecule has 0 radical (unpaired) electrons. The molecule has 0 aromatic heterocycles. The van der Waals surface area contributed by atoms with Crippen molar-refractivity contribution in [2.24, 2.45) is 5.92 Å². The molecule has 0 aliphatic carbocycles. The lowest BCUT2D eigenvalue weighted by molar-refractivity contribution is 0.0721. The van der Waals surface area contributed by atoms with E-state index < -0.39 is 15.9 Å². The maximum atomic E-state index is 13.7. The number of carbonyl (C=O) groups is 1. The quantitative estimate of drug-likeness (QED) is 0.415. The van der Waals surface area contributed by atoms with E-state index in [0.29, 0.717) is 17.9 Å². The Morgan fingerprint density at radius 1 is 1.00 bits per heavy atom. The predicted octanol–water partition coefficient (Wildman–Crippen LogP) is 4.90. The normalized spacial score (nSPS) is 11.3. The Morgan fingerprint density at radius 3 is 2.33 bits per heavy atom. The van der Waals surface area contributed by atoms with Gasteiger partial charge in [-0.1, -0.05) is 38.1 Å². The fourth-order valence-corrected chi connectivity index (χ4v) is 4.26. The Kier molecular flexibility index (Phi) is 7.71. The van der Waals surface area contributed by atoms with Crippen molar-refractivity contribution < 1.29 is 26.5 Å². The summed E-state index contributed by atoms with van der Waals surface area (Å²) in [5, 5.41) is 0. The van der Waals surface area contributed by atoms with Crippen LogP contribution in [-0.2, 0) is 16.7 Å². The van der Waals surface area contributed by atoms with E-state index in [0.717, 1.165) is 0 Å². The maximum Gasteiger partial charge on any atom is 0.339 e. The van der Waals surface area contributed by atoms with Crippen LogP contribution in [0.2, 0.25) is 0 Å². The molecule has 0 saturated heterocycles. The van der Waals surface area contributed by atoms with Gasteiger partial charge in [0.25, 0.3) is 5.91 Å². The lowest BCUT2D eigenvalue weighted by Gasteiger charge is -2.26. The fraction of sp³-hybridized carbons (Fsp3) is 0.240. The first-order valence-electron chi connectivity index (χ1n) is 10.4. The second kappa shape index (κ2) is 10.5. The molecule has 0 saturated carbocycles. The van der Waals surface area contributed by atoms with E-state index in [1.54, 1.807) is 29.2 Å². The van der Waals surface area contributed by atoms with Crippen LogP contribution >= 0.6 is 0 Å². The molecule has 0 spiro atoms. The standard InChI is InChI=1S/C25H26FNO5S/c1-18(2)16-27(25(28)19-8-6-9-21(26)15-19)17-20-7-4-5-10-24(20)32-33(29,30)23-13-11-22(31-3)12-14-23/h4-15,18H,16-17H2,1-3H3. The molecular formula is C25H26FNO5S. The largest absolute Gasteiger partial charge is 0.497 e. The summed E-state index contributed by atoms with van der Waals surface area (Å²) in [6.07, 6.45) is 0. The summed E-state index contributed by atoms with van der Waals surface area (Å²) in [7, 11) is -2.62. The van der Waals surface area contributed by atoms with Gasteiger partial charge in [0.1, 0.15) is 22.2 Å². The number of ether oxygens (including phenoxy) is 1. The van der Waals surface area contributed by atoms with Crippen LogP contribution in [0.4, 0.5) is 4.39 Å². The maximum absolute atomic E-state index is 13.7. The first-order valence-corrected chi connectivity index (χ1v) is 11.8. The van der Waals surface area contributed by atoms with Crippen molar-refractivity contribution in [3.05, 3.63) is 89.7 Å². The summed E-state index contributed by atoms with van der Waals surface area (Å²) >= 11 is 0. The number of benzene rings is 3. The van der Waals surface area contributed by atoms with Crippen LogP contribution < -0.4 is 8.92 Å². The van der Waals surface area contributed by atoms with Gasteiger partial charge in [-0.15, -0.1) is 0 Å². The third-order valence-electron chi connectivity index (χ3n) is 4.83. The number of hydrogen-bond acceptors (Lipinski definition) is 5. The predicted molar refractivity (Wildman–Crippen MR) is 123 cm³/mol.